The van der Waals surface area contributed by atoms with E-state index in [4.69, 9.17) is 5.73 Å². The fourth-order valence-electron chi connectivity index (χ4n) is 1.79. The fraction of sp³-hybridized carbons (Fsp3) is 0.286. The minimum absolute atomic E-state index is 0.421. The third-order valence-electron chi connectivity index (χ3n) is 2.84. The summed E-state index contributed by atoms with van der Waals surface area (Å²) in [5.74, 6) is 0.846. The summed E-state index contributed by atoms with van der Waals surface area (Å²) < 4.78 is 0. The van der Waals surface area contributed by atoms with Gasteiger partial charge in [-0.3, -0.25) is 4.98 Å². The van der Waals surface area contributed by atoms with Gasteiger partial charge in [0, 0.05) is 18.8 Å². The second kappa shape index (κ2) is 5.60. The molecule has 0 saturated carbocycles. The summed E-state index contributed by atoms with van der Waals surface area (Å²) in [6, 6.07) is 8.38. The van der Waals surface area contributed by atoms with E-state index in [-0.39, 0.29) is 0 Å². The van der Waals surface area contributed by atoms with E-state index in [0.29, 0.717) is 6.54 Å². The molecule has 2 N–H and O–H groups in total. The zero-order valence-electron chi connectivity index (χ0n) is 10.8. The molecule has 0 radical (unpaired) electrons. The minimum Gasteiger partial charge on any atom is -0.325 e. The molecule has 1 heterocycles. The maximum atomic E-state index is 5.52. The molecular formula is C14H18N4. The van der Waals surface area contributed by atoms with Crippen LogP contribution >= 0.6 is 0 Å². The maximum Gasteiger partial charge on any atom is 0.151 e. The van der Waals surface area contributed by atoms with Crippen molar-refractivity contribution in [3.8, 4) is 0 Å². The van der Waals surface area contributed by atoms with Gasteiger partial charge in [-0.25, -0.2) is 4.98 Å². The molecule has 1 aromatic heterocycles. The van der Waals surface area contributed by atoms with Gasteiger partial charge < -0.3 is 10.6 Å². The highest BCUT2D eigenvalue weighted by Crippen LogP contribution is 2.22. The van der Waals surface area contributed by atoms with Crippen LogP contribution in [0.3, 0.4) is 0 Å². The van der Waals surface area contributed by atoms with Gasteiger partial charge in [0.05, 0.1) is 18.1 Å². The molecule has 0 saturated heterocycles. The molecule has 1 aromatic carbocycles. The Balaban J connectivity index is 2.29. The SMILES string of the molecule is CCN(c1ccc(C)cc1)c1cnc(CN)cn1. The zero-order valence-corrected chi connectivity index (χ0v) is 10.8. The summed E-state index contributed by atoms with van der Waals surface area (Å²) in [7, 11) is 0. The van der Waals surface area contributed by atoms with Crippen molar-refractivity contribution in [2.24, 2.45) is 5.73 Å². The van der Waals surface area contributed by atoms with E-state index in [1.54, 1.807) is 12.4 Å². The van der Waals surface area contributed by atoms with Crippen molar-refractivity contribution in [1.82, 2.24) is 9.97 Å². The van der Waals surface area contributed by atoms with Crippen molar-refractivity contribution in [1.29, 1.82) is 0 Å². The lowest BCUT2D eigenvalue weighted by molar-refractivity contribution is 0.927. The highest BCUT2D eigenvalue weighted by molar-refractivity contribution is 5.59. The number of nitrogens with two attached hydrogens (primary N) is 1. The Bertz CT molecular complexity index is 490. The second-order valence-corrected chi connectivity index (χ2v) is 4.15. The van der Waals surface area contributed by atoms with Crippen LogP contribution in [0, 0.1) is 6.92 Å². The summed E-state index contributed by atoms with van der Waals surface area (Å²) >= 11 is 0. The first-order valence-electron chi connectivity index (χ1n) is 6.09. The normalized spacial score (nSPS) is 10.4. The standard InChI is InChI=1S/C14H18N4/c1-3-18(13-6-4-11(2)5-7-13)14-10-16-12(8-15)9-17-14/h4-7,9-10H,3,8,15H2,1-2H3. The van der Waals surface area contributed by atoms with Crippen molar-refractivity contribution in [3.63, 3.8) is 0 Å². The maximum absolute atomic E-state index is 5.52. The van der Waals surface area contributed by atoms with Crippen molar-refractivity contribution in [2.75, 3.05) is 11.4 Å². The van der Waals surface area contributed by atoms with E-state index in [1.807, 2.05) is 0 Å². The average molecular weight is 242 g/mol. The van der Waals surface area contributed by atoms with Gasteiger partial charge in [0.15, 0.2) is 5.82 Å². The summed E-state index contributed by atoms with van der Waals surface area (Å²) in [5, 5.41) is 0. The van der Waals surface area contributed by atoms with Crippen LogP contribution < -0.4 is 10.6 Å². The number of anilines is 2. The molecule has 0 aliphatic carbocycles. The Hall–Kier alpha value is -1.94. The van der Waals surface area contributed by atoms with Crippen LogP contribution in [0.15, 0.2) is 36.7 Å². The topological polar surface area (TPSA) is 55.0 Å². The third kappa shape index (κ3) is 2.65. The molecule has 0 aliphatic rings. The number of benzene rings is 1. The summed E-state index contributed by atoms with van der Waals surface area (Å²) in [6.45, 7) is 5.44. The molecule has 4 heteroatoms. The van der Waals surface area contributed by atoms with Crippen LogP contribution in [-0.2, 0) is 6.54 Å². The lowest BCUT2D eigenvalue weighted by Gasteiger charge is -2.21. The van der Waals surface area contributed by atoms with Crippen LogP contribution in [0.1, 0.15) is 18.2 Å². The van der Waals surface area contributed by atoms with Gasteiger partial charge in [-0.15, -0.1) is 0 Å². The van der Waals surface area contributed by atoms with Gasteiger partial charge in [0.25, 0.3) is 0 Å². The van der Waals surface area contributed by atoms with E-state index >= 15 is 0 Å². The largest absolute Gasteiger partial charge is 0.325 e. The Kier molecular flexibility index (Phi) is 3.89. The molecule has 0 fully saturated rings. The fourth-order valence-corrected chi connectivity index (χ4v) is 1.79. The van der Waals surface area contributed by atoms with Gasteiger partial charge in [0.2, 0.25) is 0 Å². The number of nitrogens with zero attached hydrogens (tertiary/aromatic N) is 3. The van der Waals surface area contributed by atoms with Crippen molar-refractivity contribution in [2.45, 2.75) is 20.4 Å². The Morgan fingerprint density at radius 1 is 1.11 bits per heavy atom. The van der Waals surface area contributed by atoms with Gasteiger partial charge in [-0.2, -0.15) is 0 Å². The van der Waals surface area contributed by atoms with Gasteiger partial charge in [-0.1, -0.05) is 17.7 Å². The number of hydrogen-bond acceptors (Lipinski definition) is 4. The predicted octanol–water partition coefficient (Wildman–Crippen LogP) is 2.40. The molecule has 0 bridgehead atoms. The highest BCUT2D eigenvalue weighted by Gasteiger charge is 2.08. The molecule has 94 valence electrons. The molecule has 0 atom stereocenters. The molecule has 4 nitrogen and oxygen atoms in total. The quantitative estimate of drug-likeness (QED) is 0.894. The predicted molar refractivity (Wildman–Crippen MR) is 73.8 cm³/mol. The molecule has 2 aromatic rings. The summed E-state index contributed by atoms with van der Waals surface area (Å²) in [5.41, 5.74) is 8.70. The third-order valence-corrected chi connectivity index (χ3v) is 2.84. The smallest absolute Gasteiger partial charge is 0.151 e. The lowest BCUT2D eigenvalue weighted by atomic mass is 10.2. The minimum atomic E-state index is 0.421. The van der Waals surface area contributed by atoms with Crippen LogP contribution in [0.25, 0.3) is 0 Å². The molecule has 2 rings (SSSR count). The van der Waals surface area contributed by atoms with Crippen LogP contribution in [-0.4, -0.2) is 16.5 Å². The first kappa shape index (κ1) is 12.5. The first-order valence-corrected chi connectivity index (χ1v) is 6.09. The lowest BCUT2D eigenvalue weighted by Crippen LogP contribution is -2.18. The summed E-state index contributed by atoms with van der Waals surface area (Å²) in [6.07, 6.45) is 3.50. The molecular weight excluding hydrogens is 224 g/mol. The number of aryl methyl sites for hydroxylation is 1. The molecule has 0 unspecified atom stereocenters. The van der Waals surface area contributed by atoms with Crippen LogP contribution in [0.2, 0.25) is 0 Å². The van der Waals surface area contributed by atoms with Gasteiger partial charge >= 0.3 is 0 Å². The Morgan fingerprint density at radius 2 is 1.83 bits per heavy atom. The summed E-state index contributed by atoms with van der Waals surface area (Å²) in [4.78, 5) is 10.8. The number of hydrogen-bond donors (Lipinski definition) is 1. The van der Waals surface area contributed by atoms with E-state index < -0.39 is 0 Å². The number of rotatable bonds is 4. The molecule has 0 aliphatic heterocycles. The van der Waals surface area contributed by atoms with E-state index in [2.05, 4.69) is 53.0 Å². The molecule has 18 heavy (non-hydrogen) atoms. The van der Waals surface area contributed by atoms with Gasteiger partial charge in [0.1, 0.15) is 0 Å². The Morgan fingerprint density at radius 3 is 2.33 bits per heavy atom. The van der Waals surface area contributed by atoms with Crippen molar-refractivity contribution >= 4 is 11.5 Å². The monoisotopic (exact) mass is 242 g/mol. The molecule has 0 spiro atoms. The Labute approximate surface area is 107 Å². The van der Waals surface area contributed by atoms with Gasteiger partial charge in [-0.05, 0) is 26.0 Å². The van der Waals surface area contributed by atoms with E-state index in [1.165, 1.54) is 5.56 Å². The van der Waals surface area contributed by atoms with Crippen LogP contribution in [0.4, 0.5) is 11.5 Å². The van der Waals surface area contributed by atoms with Crippen LogP contribution in [0.5, 0.6) is 0 Å². The second-order valence-electron chi connectivity index (χ2n) is 4.15. The van der Waals surface area contributed by atoms with Crippen molar-refractivity contribution < 1.29 is 0 Å². The molecule has 0 amide bonds. The number of aromatic nitrogens is 2. The van der Waals surface area contributed by atoms with E-state index in [9.17, 15) is 0 Å². The highest BCUT2D eigenvalue weighted by atomic mass is 15.2. The van der Waals surface area contributed by atoms with E-state index in [0.717, 1.165) is 23.7 Å². The average Bonchev–Trinajstić information content (AvgIpc) is 2.42. The zero-order chi connectivity index (χ0) is 13.0. The van der Waals surface area contributed by atoms with Crippen molar-refractivity contribution in [3.05, 3.63) is 47.9 Å². The first-order chi connectivity index (χ1) is 8.74.